The number of anilines is 1. The first-order valence-corrected chi connectivity index (χ1v) is 11.4. The summed E-state index contributed by atoms with van der Waals surface area (Å²) in [7, 11) is 0. The summed E-state index contributed by atoms with van der Waals surface area (Å²) in [5.74, 6) is -0.00263. The van der Waals surface area contributed by atoms with Gasteiger partial charge in [0, 0.05) is 21.8 Å². The molecule has 4 rings (SSSR count). The lowest BCUT2D eigenvalue weighted by Crippen LogP contribution is -2.21. The maximum absolute atomic E-state index is 12.5. The number of nitrogen functional groups attached to an aromatic ring is 1. The summed E-state index contributed by atoms with van der Waals surface area (Å²) in [6.07, 6.45) is -6.42. The van der Waals surface area contributed by atoms with Crippen LogP contribution in [0, 0.1) is 5.41 Å². The van der Waals surface area contributed by atoms with Gasteiger partial charge in [-0.05, 0) is 35.9 Å². The zero-order valence-electron chi connectivity index (χ0n) is 18.5. The molecule has 0 spiro atoms. The topological polar surface area (TPSA) is 107 Å². The van der Waals surface area contributed by atoms with Crippen LogP contribution in [-0.2, 0) is 4.74 Å². The van der Waals surface area contributed by atoms with Gasteiger partial charge in [0.05, 0.1) is 4.88 Å². The lowest BCUT2D eigenvalue weighted by atomic mass is 10.1. The molecule has 0 bridgehead atoms. The summed E-state index contributed by atoms with van der Waals surface area (Å²) >= 11 is 1.36. The van der Waals surface area contributed by atoms with Gasteiger partial charge >= 0.3 is 12.5 Å². The van der Waals surface area contributed by atoms with E-state index < -0.39 is 24.3 Å². The van der Waals surface area contributed by atoms with Crippen molar-refractivity contribution in [2.75, 3.05) is 11.9 Å². The third-order valence-corrected chi connectivity index (χ3v) is 6.04. The van der Waals surface area contributed by atoms with Gasteiger partial charge < -0.3 is 19.9 Å². The quantitative estimate of drug-likeness (QED) is 0.185. The number of nitrogens with one attached hydrogen (secondary N) is 2. The number of nitrogens with two attached hydrogens (primary N) is 1. The molecule has 4 aromatic rings. The van der Waals surface area contributed by atoms with Crippen molar-refractivity contribution >= 4 is 39.0 Å². The predicted octanol–water partition coefficient (Wildman–Crippen LogP) is 6.45. The second-order valence-electron chi connectivity index (χ2n) is 7.51. The Hall–Kier alpha value is -4.25. The number of thiophene rings is 1. The number of amidine groups is 1. The highest BCUT2D eigenvalue weighted by Gasteiger charge is 2.31. The molecule has 0 saturated heterocycles. The van der Waals surface area contributed by atoms with Crippen molar-refractivity contribution in [2.45, 2.75) is 12.5 Å². The van der Waals surface area contributed by atoms with Crippen molar-refractivity contribution in [3.8, 4) is 11.5 Å². The number of carbonyl (C=O) groups is 1. The molecule has 1 atom stereocenters. The molecule has 7 nitrogen and oxygen atoms in total. The predicted molar refractivity (Wildman–Crippen MR) is 131 cm³/mol. The third-order valence-electron chi connectivity index (χ3n) is 4.91. The first kappa shape index (κ1) is 24.9. The standard InChI is InChI=1S/C25H20F3N3O4S/c26-25(27,28)35-17-9-4-8-16(12-17)31-24(32)33-14-20(15-6-2-1-3-7-15)34-19-10-5-11-21-18(19)13-22(36-21)23(29)30/h1-13,20H,14H2,(H3,29,30)(H,31,32). The highest BCUT2D eigenvalue weighted by Crippen LogP contribution is 2.35. The van der Waals surface area contributed by atoms with E-state index in [1.807, 2.05) is 42.5 Å². The molecule has 36 heavy (non-hydrogen) atoms. The number of amides is 1. The van der Waals surface area contributed by atoms with Crippen molar-refractivity contribution in [1.29, 1.82) is 5.41 Å². The van der Waals surface area contributed by atoms with Crippen molar-refractivity contribution < 1.29 is 32.2 Å². The zero-order valence-corrected chi connectivity index (χ0v) is 19.4. The fraction of sp³-hybridized carbons (Fsp3) is 0.120. The molecule has 0 radical (unpaired) electrons. The van der Waals surface area contributed by atoms with Crippen molar-refractivity contribution in [3.63, 3.8) is 0 Å². The van der Waals surface area contributed by atoms with E-state index in [-0.39, 0.29) is 18.1 Å². The van der Waals surface area contributed by atoms with Crippen LogP contribution in [0.2, 0.25) is 0 Å². The van der Waals surface area contributed by atoms with Crippen LogP contribution < -0.4 is 20.5 Å². The molecule has 1 heterocycles. The maximum atomic E-state index is 12.5. The summed E-state index contributed by atoms with van der Waals surface area (Å²) in [5, 5.41) is 10.8. The van der Waals surface area contributed by atoms with E-state index in [1.165, 1.54) is 23.5 Å². The Morgan fingerprint density at radius 2 is 1.78 bits per heavy atom. The molecule has 3 aromatic carbocycles. The molecule has 1 unspecified atom stereocenters. The van der Waals surface area contributed by atoms with Gasteiger partial charge in [0.2, 0.25) is 0 Å². The number of rotatable bonds is 8. The van der Waals surface area contributed by atoms with Crippen LogP contribution in [-0.4, -0.2) is 24.9 Å². The maximum Gasteiger partial charge on any atom is 0.573 e. The molecule has 0 saturated carbocycles. The molecular weight excluding hydrogens is 495 g/mol. The number of alkyl halides is 3. The minimum Gasteiger partial charge on any atom is -0.481 e. The molecule has 0 aliphatic rings. The molecule has 4 N–H and O–H groups in total. The molecule has 186 valence electrons. The Kier molecular flexibility index (Phi) is 7.30. The van der Waals surface area contributed by atoms with Gasteiger partial charge in [-0.3, -0.25) is 10.7 Å². The fourth-order valence-electron chi connectivity index (χ4n) is 3.37. The molecular formula is C25H20F3N3O4S. The van der Waals surface area contributed by atoms with Gasteiger partial charge in [-0.2, -0.15) is 0 Å². The van der Waals surface area contributed by atoms with Crippen molar-refractivity contribution in [3.05, 3.63) is 89.3 Å². The first-order chi connectivity index (χ1) is 17.2. The third kappa shape index (κ3) is 6.45. The largest absolute Gasteiger partial charge is 0.573 e. The summed E-state index contributed by atoms with van der Waals surface area (Å²) < 4.78 is 53.7. The Morgan fingerprint density at radius 3 is 2.50 bits per heavy atom. The van der Waals surface area contributed by atoms with Crippen LogP contribution >= 0.6 is 11.3 Å². The van der Waals surface area contributed by atoms with Crippen LogP contribution in [0.5, 0.6) is 11.5 Å². The van der Waals surface area contributed by atoms with Gasteiger partial charge in [-0.1, -0.05) is 42.5 Å². The van der Waals surface area contributed by atoms with Gasteiger partial charge in [0.15, 0.2) is 6.10 Å². The van der Waals surface area contributed by atoms with Crippen LogP contribution in [0.3, 0.4) is 0 Å². The number of ether oxygens (including phenoxy) is 3. The zero-order chi connectivity index (χ0) is 25.7. The van der Waals surface area contributed by atoms with Crippen molar-refractivity contribution in [2.24, 2.45) is 5.73 Å². The monoisotopic (exact) mass is 515 g/mol. The molecule has 0 aliphatic heterocycles. The molecule has 0 aliphatic carbocycles. The van der Waals surface area contributed by atoms with E-state index in [0.29, 0.717) is 10.6 Å². The summed E-state index contributed by atoms with van der Waals surface area (Å²) in [4.78, 5) is 13.0. The molecule has 1 amide bonds. The van der Waals surface area contributed by atoms with E-state index in [0.717, 1.165) is 27.8 Å². The van der Waals surface area contributed by atoms with Gasteiger partial charge in [0.25, 0.3) is 0 Å². The van der Waals surface area contributed by atoms with E-state index >= 15 is 0 Å². The van der Waals surface area contributed by atoms with E-state index in [4.69, 9.17) is 20.6 Å². The normalized spacial score (nSPS) is 12.1. The van der Waals surface area contributed by atoms with Crippen molar-refractivity contribution in [1.82, 2.24) is 0 Å². The number of hydrogen-bond acceptors (Lipinski definition) is 6. The lowest BCUT2D eigenvalue weighted by Gasteiger charge is -2.20. The minimum atomic E-state index is -4.85. The summed E-state index contributed by atoms with van der Waals surface area (Å²) in [6.45, 7) is -0.186. The van der Waals surface area contributed by atoms with E-state index in [1.54, 1.807) is 12.1 Å². The van der Waals surface area contributed by atoms with Crippen LogP contribution in [0.25, 0.3) is 10.1 Å². The molecule has 1 aromatic heterocycles. The number of benzene rings is 3. The smallest absolute Gasteiger partial charge is 0.481 e. The Morgan fingerprint density at radius 1 is 1.03 bits per heavy atom. The van der Waals surface area contributed by atoms with Gasteiger partial charge in [-0.15, -0.1) is 24.5 Å². The number of fused-ring (bicyclic) bond motifs is 1. The van der Waals surface area contributed by atoms with E-state index in [9.17, 15) is 18.0 Å². The minimum absolute atomic E-state index is 0.0496. The first-order valence-electron chi connectivity index (χ1n) is 10.6. The van der Waals surface area contributed by atoms with Gasteiger partial charge in [-0.25, -0.2) is 4.79 Å². The number of carbonyl (C=O) groups excluding carboxylic acids is 1. The molecule has 0 fully saturated rings. The lowest BCUT2D eigenvalue weighted by molar-refractivity contribution is -0.274. The Labute approximate surface area is 207 Å². The Bertz CT molecular complexity index is 1380. The second kappa shape index (κ2) is 10.6. The van der Waals surface area contributed by atoms with Crippen LogP contribution in [0.4, 0.5) is 23.7 Å². The second-order valence-corrected chi connectivity index (χ2v) is 8.59. The number of hydrogen-bond donors (Lipinski definition) is 3. The average molecular weight is 516 g/mol. The highest BCUT2D eigenvalue weighted by atomic mass is 32.1. The Balaban J connectivity index is 1.49. The average Bonchev–Trinajstić information content (AvgIpc) is 3.27. The summed E-state index contributed by atoms with van der Waals surface area (Å²) in [6, 6.07) is 21.2. The van der Waals surface area contributed by atoms with Gasteiger partial charge in [0.1, 0.15) is 23.9 Å². The van der Waals surface area contributed by atoms with E-state index in [2.05, 4.69) is 10.1 Å². The summed E-state index contributed by atoms with van der Waals surface area (Å²) in [5.41, 5.74) is 6.44. The number of halogens is 3. The molecule has 11 heteroatoms. The SMILES string of the molecule is N=C(N)c1cc2c(OC(COC(=O)Nc3cccc(OC(F)(F)F)c3)c3ccccc3)cccc2s1. The van der Waals surface area contributed by atoms with Crippen LogP contribution in [0.15, 0.2) is 78.9 Å². The fourth-order valence-corrected chi connectivity index (χ4v) is 4.30. The highest BCUT2D eigenvalue weighted by molar-refractivity contribution is 7.20. The van der Waals surface area contributed by atoms with Crippen LogP contribution in [0.1, 0.15) is 16.5 Å².